The van der Waals surface area contributed by atoms with Crippen LogP contribution in [0.1, 0.15) is 19.2 Å². The van der Waals surface area contributed by atoms with Crippen molar-refractivity contribution in [3.63, 3.8) is 0 Å². The third-order valence-electron chi connectivity index (χ3n) is 3.69. The molecule has 2 rings (SSSR count). The van der Waals surface area contributed by atoms with Gasteiger partial charge in [0.25, 0.3) is 0 Å². The maximum absolute atomic E-state index is 5.87. The molecule has 0 aromatic carbocycles. The predicted molar refractivity (Wildman–Crippen MR) is 85.8 cm³/mol. The smallest absolute Gasteiger partial charge is 0.188 e. The number of nitrogens with two attached hydrogens (primary N) is 1. The molecule has 0 aliphatic carbocycles. The average Bonchev–Trinajstić information content (AvgIpc) is 3.00. The molecular weight excluding hydrogens is 282 g/mol. The van der Waals surface area contributed by atoms with Gasteiger partial charge >= 0.3 is 0 Å². The molecule has 1 aliphatic rings. The number of ether oxygens (including phenoxy) is 1. The van der Waals surface area contributed by atoms with Gasteiger partial charge < -0.3 is 20.4 Å². The number of rotatable bonds is 8. The van der Waals surface area contributed by atoms with Crippen molar-refractivity contribution in [3.8, 4) is 0 Å². The molecule has 8 nitrogen and oxygen atoms in total. The summed E-state index contributed by atoms with van der Waals surface area (Å²) < 4.78 is 7.35. The van der Waals surface area contributed by atoms with Crippen LogP contribution in [0.4, 0.5) is 0 Å². The Balaban J connectivity index is 1.57. The molecule has 124 valence electrons. The van der Waals surface area contributed by atoms with Crippen molar-refractivity contribution < 1.29 is 4.74 Å². The number of aromatic nitrogens is 3. The molecule has 0 bridgehead atoms. The van der Waals surface area contributed by atoms with Gasteiger partial charge in [0.05, 0.1) is 13.2 Å². The van der Waals surface area contributed by atoms with Crippen molar-refractivity contribution >= 4 is 5.96 Å². The zero-order valence-corrected chi connectivity index (χ0v) is 13.4. The van der Waals surface area contributed by atoms with Gasteiger partial charge in [-0.15, -0.1) is 10.2 Å². The molecule has 1 aromatic heterocycles. The van der Waals surface area contributed by atoms with Gasteiger partial charge in [0.1, 0.15) is 12.2 Å². The van der Waals surface area contributed by atoms with E-state index in [0.29, 0.717) is 5.96 Å². The van der Waals surface area contributed by atoms with E-state index in [4.69, 9.17) is 10.5 Å². The maximum atomic E-state index is 5.87. The van der Waals surface area contributed by atoms with Gasteiger partial charge in [-0.2, -0.15) is 0 Å². The Morgan fingerprint density at radius 3 is 3.00 bits per heavy atom. The summed E-state index contributed by atoms with van der Waals surface area (Å²) >= 11 is 0. The number of guanidine groups is 1. The third-order valence-corrected chi connectivity index (χ3v) is 3.69. The second kappa shape index (κ2) is 9.37. The first-order valence-electron chi connectivity index (χ1n) is 8.00. The van der Waals surface area contributed by atoms with Crippen molar-refractivity contribution in [1.29, 1.82) is 0 Å². The molecule has 0 atom stereocenters. The lowest BCUT2D eigenvalue weighted by molar-refractivity contribution is 0.0377. The summed E-state index contributed by atoms with van der Waals surface area (Å²) in [7, 11) is 0. The number of hydrogen-bond acceptors (Lipinski definition) is 5. The van der Waals surface area contributed by atoms with Crippen molar-refractivity contribution in [3.05, 3.63) is 12.2 Å². The van der Waals surface area contributed by atoms with E-state index in [0.717, 1.165) is 71.1 Å². The first kappa shape index (κ1) is 16.7. The van der Waals surface area contributed by atoms with Crippen molar-refractivity contribution in [2.45, 2.75) is 26.3 Å². The molecule has 0 unspecified atom stereocenters. The topological polar surface area (TPSA) is 93.6 Å². The van der Waals surface area contributed by atoms with E-state index in [-0.39, 0.29) is 0 Å². The van der Waals surface area contributed by atoms with Crippen LogP contribution in [-0.4, -0.2) is 71.6 Å². The van der Waals surface area contributed by atoms with Gasteiger partial charge in [-0.1, -0.05) is 6.92 Å². The molecular formula is C14H27N7O. The van der Waals surface area contributed by atoms with Crippen molar-refractivity contribution in [2.24, 2.45) is 10.7 Å². The Hall–Kier alpha value is -1.67. The predicted octanol–water partition coefficient (Wildman–Crippen LogP) is -0.533. The minimum Gasteiger partial charge on any atom is -0.379 e. The van der Waals surface area contributed by atoms with E-state index in [1.165, 1.54) is 0 Å². The quantitative estimate of drug-likeness (QED) is 0.381. The molecule has 2 heterocycles. The molecule has 0 spiro atoms. The summed E-state index contributed by atoms with van der Waals surface area (Å²) in [5.41, 5.74) is 5.87. The minimum absolute atomic E-state index is 0.508. The third kappa shape index (κ3) is 5.61. The molecule has 1 fully saturated rings. The molecule has 8 heteroatoms. The van der Waals surface area contributed by atoms with Gasteiger partial charge in [0.2, 0.25) is 0 Å². The Kier molecular flexibility index (Phi) is 7.11. The van der Waals surface area contributed by atoms with Gasteiger partial charge in [-0.25, -0.2) is 0 Å². The zero-order chi connectivity index (χ0) is 15.6. The normalized spacial score (nSPS) is 16.9. The molecule has 1 aliphatic heterocycles. The summed E-state index contributed by atoms with van der Waals surface area (Å²) in [5, 5.41) is 11.1. The molecule has 22 heavy (non-hydrogen) atoms. The summed E-state index contributed by atoms with van der Waals surface area (Å²) in [6.07, 6.45) is 3.65. The van der Waals surface area contributed by atoms with Gasteiger partial charge in [0, 0.05) is 45.7 Å². The highest BCUT2D eigenvalue weighted by Gasteiger charge is 2.08. The Morgan fingerprint density at radius 1 is 1.41 bits per heavy atom. The maximum Gasteiger partial charge on any atom is 0.188 e. The molecule has 3 N–H and O–H groups in total. The summed E-state index contributed by atoms with van der Waals surface area (Å²) in [4.78, 5) is 6.76. The summed E-state index contributed by atoms with van der Waals surface area (Å²) in [5.74, 6) is 1.50. The van der Waals surface area contributed by atoms with Gasteiger partial charge in [0.15, 0.2) is 5.96 Å². The first-order chi connectivity index (χ1) is 10.8. The fraction of sp³-hybridized carbons (Fsp3) is 0.786. The highest BCUT2D eigenvalue weighted by Crippen LogP contribution is 1.98. The van der Waals surface area contributed by atoms with Crippen LogP contribution in [0.25, 0.3) is 0 Å². The Bertz CT molecular complexity index is 454. The SMILES string of the molecule is CCc1nncn1CCNC(N)=NCCCN1CCOCC1. The van der Waals surface area contributed by atoms with Crippen molar-refractivity contribution in [1.82, 2.24) is 25.0 Å². The fourth-order valence-corrected chi connectivity index (χ4v) is 2.42. The standard InChI is InChI=1S/C14H27N7O/c1-2-13-19-18-12-21(13)7-5-17-14(15)16-4-3-6-20-8-10-22-11-9-20/h12H,2-11H2,1H3,(H3,15,16,17). The van der Waals surface area contributed by atoms with E-state index in [1.807, 2.05) is 4.57 Å². The lowest BCUT2D eigenvalue weighted by Crippen LogP contribution is -2.37. The van der Waals surface area contributed by atoms with E-state index in [1.54, 1.807) is 6.33 Å². The highest BCUT2D eigenvalue weighted by atomic mass is 16.5. The van der Waals surface area contributed by atoms with Crippen molar-refractivity contribution in [2.75, 3.05) is 45.9 Å². The van der Waals surface area contributed by atoms with Gasteiger partial charge in [-0.3, -0.25) is 9.89 Å². The zero-order valence-electron chi connectivity index (χ0n) is 13.4. The Labute approximate surface area is 131 Å². The number of hydrogen-bond donors (Lipinski definition) is 2. The number of aliphatic imine (C=N–C) groups is 1. The van der Waals surface area contributed by atoms with Crippen LogP contribution in [0.2, 0.25) is 0 Å². The van der Waals surface area contributed by atoms with Crippen LogP contribution in [-0.2, 0) is 17.7 Å². The Morgan fingerprint density at radius 2 is 2.23 bits per heavy atom. The molecule has 0 saturated carbocycles. The second-order valence-electron chi connectivity index (χ2n) is 5.30. The van der Waals surface area contributed by atoms with Crippen LogP contribution >= 0.6 is 0 Å². The molecule has 1 aromatic rings. The second-order valence-corrected chi connectivity index (χ2v) is 5.30. The van der Waals surface area contributed by atoms with Crippen LogP contribution in [0.5, 0.6) is 0 Å². The fourth-order valence-electron chi connectivity index (χ4n) is 2.42. The van der Waals surface area contributed by atoms with Gasteiger partial charge in [-0.05, 0) is 6.42 Å². The number of aryl methyl sites for hydroxylation is 1. The number of morpholine rings is 1. The number of nitrogens with one attached hydrogen (secondary N) is 1. The average molecular weight is 309 g/mol. The van der Waals surface area contributed by atoms with E-state index in [9.17, 15) is 0 Å². The number of nitrogens with zero attached hydrogens (tertiary/aromatic N) is 5. The largest absolute Gasteiger partial charge is 0.379 e. The van der Waals surface area contributed by atoms with E-state index in [2.05, 4.69) is 32.3 Å². The molecule has 0 radical (unpaired) electrons. The van der Waals surface area contributed by atoms with Crippen LogP contribution in [0.3, 0.4) is 0 Å². The molecule has 0 amide bonds. The minimum atomic E-state index is 0.508. The lowest BCUT2D eigenvalue weighted by atomic mass is 10.3. The van der Waals surface area contributed by atoms with Crippen LogP contribution in [0, 0.1) is 0 Å². The summed E-state index contributed by atoms with van der Waals surface area (Å²) in [6, 6.07) is 0. The van der Waals surface area contributed by atoms with E-state index < -0.39 is 0 Å². The molecule has 1 saturated heterocycles. The monoisotopic (exact) mass is 309 g/mol. The summed E-state index contributed by atoms with van der Waals surface area (Å²) in [6.45, 7) is 9.13. The van der Waals surface area contributed by atoms with Crippen LogP contribution in [0.15, 0.2) is 11.3 Å². The highest BCUT2D eigenvalue weighted by molar-refractivity contribution is 5.77. The van der Waals surface area contributed by atoms with Crippen LogP contribution < -0.4 is 11.1 Å². The lowest BCUT2D eigenvalue weighted by Gasteiger charge is -2.26. The first-order valence-corrected chi connectivity index (χ1v) is 8.00. The van der Waals surface area contributed by atoms with E-state index >= 15 is 0 Å².